The average molecular weight is 480 g/mol. The van der Waals surface area contributed by atoms with Crippen molar-refractivity contribution in [3.05, 3.63) is 77.5 Å². The highest BCUT2D eigenvalue weighted by Gasteiger charge is 2.31. The summed E-state index contributed by atoms with van der Waals surface area (Å²) in [4.78, 5) is 25.1. The van der Waals surface area contributed by atoms with E-state index in [9.17, 15) is 4.79 Å². The molecule has 0 atom stereocenters. The zero-order chi connectivity index (χ0) is 24.1. The summed E-state index contributed by atoms with van der Waals surface area (Å²) in [5.74, 6) is 1.64. The van der Waals surface area contributed by atoms with Gasteiger partial charge in [-0.25, -0.2) is 14.6 Å². The Kier molecular flexibility index (Phi) is 4.97. The van der Waals surface area contributed by atoms with E-state index < -0.39 is 0 Å². The number of benzene rings is 2. The van der Waals surface area contributed by atoms with Gasteiger partial charge in [-0.1, -0.05) is 24.3 Å². The summed E-state index contributed by atoms with van der Waals surface area (Å²) >= 11 is 0. The maximum atomic E-state index is 14.0. The minimum atomic E-state index is 0.103. The standard InChI is InChI=1S/C28H25N5O3/c34-28(32-11-9-20(10-12-32)33-16-29-15-30-33)26-21-3-1-2-4-23(21)31-27-19(6-7-22(26)27)13-18-5-8-24-25(14-18)36-17-35-24/h1-5,8,13-16,20H,6-7,9-12,17H2/b19-13+. The van der Waals surface area contributed by atoms with Gasteiger partial charge in [-0.05, 0) is 66.7 Å². The zero-order valence-corrected chi connectivity index (χ0v) is 19.8. The number of fused-ring (bicyclic) bond motifs is 3. The largest absolute Gasteiger partial charge is 0.454 e. The highest BCUT2D eigenvalue weighted by Crippen LogP contribution is 2.40. The molecule has 36 heavy (non-hydrogen) atoms. The number of amides is 1. The Morgan fingerprint density at radius 1 is 1.03 bits per heavy atom. The molecule has 1 fully saturated rings. The van der Waals surface area contributed by atoms with E-state index in [1.807, 2.05) is 52.0 Å². The highest BCUT2D eigenvalue weighted by molar-refractivity contribution is 6.09. The number of piperidine rings is 1. The van der Waals surface area contributed by atoms with Crippen molar-refractivity contribution in [1.29, 1.82) is 0 Å². The van der Waals surface area contributed by atoms with Gasteiger partial charge >= 0.3 is 0 Å². The Bertz CT molecular complexity index is 1500. The molecule has 1 amide bonds. The van der Waals surface area contributed by atoms with Crippen molar-refractivity contribution in [1.82, 2.24) is 24.6 Å². The van der Waals surface area contributed by atoms with Gasteiger partial charge in [0.1, 0.15) is 12.7 Å². The summed E-state index contributed by atoms with van der Waals surface area (Å²) in [7, 11) is 0. The van der Waals surface area contributed by atoms with Crippen LogP contribution >= 0.6 is 0 Å². The molecule has 2 aromatic carbocycles. The van der Waals surface area contributed by atoms with Crippen LogP contribution in [-0.4, -0.2) is 50.4 Å². The van der Waals surface area contributed by atoms with E-state index in [-0.39, 0.29) is 18.7 Å². The molecule has 8 heteroatoms. The number of allylic oxidation sites excluding steroid dienone is 1. The second kappa shape index (κ2) is 8.48. The van der Waals surface area contributed by atoms with Gasteiger partial charge in [0.05, 0.1) is 22.8 Å². The van der Waals surface area contributed by atoms with E-state index in [2.05, 4.69) is 16.2 Å². The lowest BCUT2D eigenvalue weighted by molar-refractivity contribution is 0.0690. The van der Waals surface area contributed by atoms with Gasteiger partial charge in [-0.15, -0.1) is 0 Å². The van der Waals surface area contributed by atoms with Crippen LogP contribution in [0.5, 0.6) is 11.5 Å². The number of para-hydroxylation sites is 1. The molecule has 0 unspecified atom stereocenters. The van der Waals surface area contributed by atoms with Gasteiger partial charge in [-0.3, -0.25) is 4.79 Å². The van der Waals surface area contributed by atoms with Crippen LogP contribution in [0, 0.1) is 0 Å². The molecule has 180 valence electrons. The van der Waals surface area contributed by atoms with Gasteiger partial charge < -0.3 is 14.4 Å². The first-order chi connectivity index (χ1) is 17.7. The number of rotatable bonds is 3. The summed E-state index contributed by atoms with van der Waals surface area (Å²) in [6.07, 6.45) is 8.89. The maximum absolute atomic E-state index is 14.0. The summed E-state index contributed by atoms with van der Waals surface area (Å²) in [6.45, 7) is 1.66. The van der Waals surface area contributed by atoms with Crippen LogP contribution in [0.3, 0.4) is 0 Å². The fraction of sp³-hybridized carbons (Fsp3) is 0.286. The molecule has 0 spiro atoms. The van der Waals surface area contributed by atoms with E-state index in [1.54, 1.807) is 12.7 Å². The van der Waals surface area contributed by atoms with Crippen molar-refractivity contribution >= 4 is 28.5 Å². The predicted molar refractivity (Wildman–Crippen MR) is 135 cm³/mol. The molecule has 4 heterocycles. The Hall–Kier alpha value is -4.20. The number of aromatic nitrogens is 4. The van der Waals surface area contributed by atoms with E-state index in [0.29, 0.717) is 13.1 Å². The van der Waals surface area contributed by atoms with E-state index in [1.165, 1.54) is 0 Å². The molecular formula is C28H25N5O3. The van der Waals surface area contributed by atoms with E-state index in [0.717, 1.165) is 76.0 Å². The lowest BCUT2D eigenvalue weighted by atomic mass is 9.97. The van der Waals surface area contributed by atoms with Crippen LogP contribution in [-0.2, 0) is 6.42 Å². The first kappa shape index (κ1) is 21.1. The second-order valence-corrected chi connectivity index (χ2v) is 9.51. The maximum Gasteiger partial charge on any atom is 0.254 e. The fourth-order valence-electron chi connectivity index (χ4n) is 5.62. The summed E-state index contributed by atoms with van der Waals surface area (Å²) < 4.78 is 12.9. The molecule has 2 aliphatic heterocycles. The monoisotopic (exact) mass is 479 g/mol. The third kappa shape index (κ3) is 3.52. The molecule has 2 aromatic heterocycles. The lowest BCUT2D eigenvalue weighted by Crippen LogP contribution is -2.39. The second-order valence-electron chi connectivity index (χ2n) is 9.51. The number of nitrogens with zero attached hydrogens (tertiary/aromatic N) is 5. The van der Waals surface area contributed by atoms with Gasteiger partial charge in [0.25, 0.3) is 5.91 Å². The Morgan fingerprint density at radius 2 is 1.89 bits per heavy atom. The minimum absolute atomic E-state index is 0.103. The van der Waals surface area contributed by atoms with Crippen LogP contribution < -0.4 is 9.47 Å². The number of likely N-dealkylation sites (tertiary alicyclic amines) is 1. The molecule has 7 rings (SSSR count). The van der Waals surface area contributed by atoms with Crippen LogP contribution in [0.1, 0.15) is 52.5 Å². The Balaban J connectivity index is 1.24. The van der Waals surface area contributed by atoms with Gasteiger partial charge in [0, 0.05) is 18.5 Å². The SMILES string of the molecule is O=C(c1c2c(nc3ccccc13)/C(=C/c1ccc3c(c1)OCO3)CC2)N1CCC(n2cncn2)CC1. The number of pyridine rings is 1. The normalized spacial score (nSPS) is 18.2. The lowest BCUT2D eigenvalue weighted by Gasteiger charge is -2.32. The molecule has 8 nitrogen and oxygen atoms in total. The first-order valence-corrected chi connectivity index (χ1v) is 12.4. The quantitative estimate of drug-likeness (QED) is 0.430. The minimum Gasteiger partial charge on any atom is -0.454 e. The summed E-state index contributed by atoms with van der Waals surface area (Å²) in [5.41, 5.74) is 5.85. The number of ether oxygens (including phenoxy) is 2. The molecule has 0 N–H and O–H groups in total. The van der Waals surface area contributed by atoms with Gasteiger partial charge in [-0.2, -0.15) is 5.10 Å². The van der Waals surface area contributed by atoms with E-state index >= 15 is 0 Å². The molecule has 3 aliphatic rings. The van der Waals surface area contributed by atoms with Crippen LogP contribution in [0.2, 0.25) is 0 Å². The average Bonchev–Trinajstić information content (AvgIpc) is 3.69. The number of carbonyl (C=O) groups is 1. The van der Waals surface area contributed by atoms with Crippen LogP contribution in [0.4, 0.5) is 0 Å². The van der Waals surface area contributed by atoms with Crippen LogP contribution in [0.15, 0.2) is 55.1 Å². The Labute approximate surface area is 208 Å². The van der Waals surface area contributed by atoms with Crippen molar-refractivity contribution < 1.29 is 14.3 Å². The molecule has 0 radical (unpaired) electrons. The third-order valence-electron chi connectivity index (χ3n) is 7.46. The predicted octanol–water partition coefficient (Wildman–Crippen LogP) is 4.52. The summed E-state index contributed by atoms with van der Waals surface area (Å²) in [5, 5.41) is 5.22. The summed E-state index contributed by atoms with van der Waals surface area (Å²) in [6, 6.07) is 14.3. The molecule has 0 bridgehead atoms. The molecule has 1 saturated heterocycles. The van der Waals surface area contributed by atoms with Crippen molar-refractivity contribution in [2.75, 3.05) is 19.9 Å². The smallest absolute Gasteiger partial charge is 0.254 e. The fourth-order valence-corrected chi connectivity index (χ4v) is 5.62. The first-order valence-electron chi connectivity index (χ1n) is 12.4. The Morgan fingerprint density at radius 3 is 2.75 bits per heavy atom. The number of hydrogen-bond donors (Lipinski definition) is 0. The van der Waals surface area contributed by atoms with Crippen molar-refractivity contribution in [3.63, 3.8) is 0 Å². The molecular weight excluding hydrogens is 454 g/mol. The van der Waals surface area contributed by atoms with Crippen LogP contribution in [0.25, 0.3) is 22.6 Å². The zero-order valence-electron chi connectivity index (χ0n) is 19.8. The third-order valence-corrected chi connectivity index (χ3v) is 7.46. The topological polar surface area (TPSA) is 82.4 Å². The van der Waals surface area contributed by atoms with E-state index in [4.69, 9.17) is 14.5 Å². The molecule has 0 saturated carbocycles. The van der Waals surface area contributed by atoms with Crippen molar-refractivity contribution in [3.8, 4) is 11.5 Å². The number of hydrogen-bond acceptors (Lipinski definition) is 6. The van der Waals surface area contributed by atoms with Crippen molar-refractivity contribution in [2.45, 2.75) is 31.7 Å². The van der Waals surface area contributed by atoms with Gasteiger partial charge in [0.15, 0.2) is 11.5 Å². The molecule has 4 aromatic rings. The highest BCUT2D eigenvalue weighted by atomic mass is 16.7. The van der Waals surface area contributed by atoms with Gasteiger partial charge in [0.2, 0.25) is 6.79 Å². The van der Waals surface area contributed by atoms with Crippen molar-refractivity contribution in [2.24, 2.45) is 0 Å². The molecule has 1 aliphatic carbocycles. The number of carbonyl (C=O) groups excluding carboxylic acids is 1.